The zero-order valence-corrected chi connectivity index (χ0v) is 14.0. The highest BCUT2D eigenvalue weighted by atomic mass is 32.2. The molecule has 2 aromatic rings. The number of nitrogens with zero attached hydrogens (tertiary/aromatic N) is 3. The highest BCUT2D eigenvalue weighted by molar-refractivity contribution is 7.90. The summed E-state index contributed by atoms with van der Waals surface area (Å²) in [5.41, 5.74) is 0.861. The number of rotatable bonds is 4. The molecule has 0 aliphatic carbocycles. The van der Waals surface area contributed by atoms with E-state index in [2.05, 4.69) is 4.98 Å². The van der Waals surface area contributed by atoms with Crippen LogP contribution in [0.3, 0.4) is 0 Å². The summed E-state index contributed by atoms with van der Waals surface area (Å²) in [7, 11) is -1.38. The van der Waals surface area contributed by atoms with Gasteiger partial charge in [0.25, 0.3) is 0 Å². The third-order valence-corrected chi connectivity index (χ3v) is 5.26. The molecule has 1 saturated heterocycles. The van der Waals surface area contributed by atoms with E-state index >= 15 is 0 Å². The average Bonchev–Trinajstić information content (AvgIpc) is 3.06. The molecule has 2 heterocycles. The van der Waals surface area contributed by atoms with Gasteiger partial charge in [0.2, 0.25) is 5.91 Å². The summed E-state index contributed by atoms with van der Waals surface area (Å²) in [6.07, 6.45) is 5.36. The normalized spacial score (nSPS) is 18.6. The van der Waals surface area contributed by atoms with Crippen LogP contribution in [0.4, 0.5) is 0 Å². The first kappa shape index (κ1) is 15.7. The number of benzene rings is 1. The van der Waals surface area contributed by atoms with E-state index in [0.717, 1.165) is 24.5 Å². The van der Waals surface area contributed by atoms with Crippen molar-refractivity contribution in [1.82, 2.24) is 14.5 Å². The molecule has 0 radical (unpaired) electrons. The van der Waals surface area contributed by atoms with E-state index in [4.69, 9.17) is 0 Å². The Labute approximate surface area is 135 Å². The second-order valence-electron chi connectivity index (χ2n) is 6.04. The molecule has 1 unspecified atom stereocenters. The van der Waals surface area contributed by atoms with Gasteiger partial charge in [-0.3, -0.25) is 4.79 Å². The van der Waals surface area contributed by atoms with Crippen LogP contribution in [0.2, 0.25) is 0 Å². The van der Waals surface area contributed by atoms with Crippen LogP contribution in [0.25, 0.3) is 11.4 Å². The number of carbonyl (C=O) groups excluding carboxylic acids is 1. The molecule has 23 heavy (non-hydrogen) atoms. The first-order chi connectivity index (χ1) is 10.8. The van der Waals surface area contributed by atoms with Crippen LogP contribution in [-0.2, 0) is 21.2 Å². The van der Waals surface area contributed by atoms with Crippen molar-refractivity contribution >= 4 is 15.7 Å². The van der Waals surface area contributed by atoms with Crippen molar-refractivity contribution in [3.8, 4) is 11.4 Å². The Hall–Kier alpha value is -2.15. The van der Waals surface area contributed by atoms with Gasteiger partial charge in [0.1, 0.15) is 5.82 Å². The van der Waals surface area contributed by atoms with Crippen molar-refractivity contribution < 1.29 is 13.2 Å². The van der Waals surface area contributed by atoms with Crippen LogP contribution in [-0.4, -0.2) is 48.6 Å². The Morgan fingerprint density at radius 2 is 1.96 bits per heavy atom. The second kappa shape index (κ2) is 5.81. The molecule has 1 fully saturated rings. The van der Waals surface area contributed by atoms with Crippen molar-refractivity contribution in [3.05, 3.63) is 36.7 Å². The van der Waals surface area contributed by atoms with Gasteiger partial charge >= 0.3 is 0 Å². The summed E-state index contributed by atoms with van der Waals surface area (Å²) < 4.78 is 25.1. The van der Waals surface area contributed by atoms with Crippen molar-refractivity contribution in [1.29, 1.82) is 0 Å². The number of aromatic nitrogens is 2. The summed E-state index contributed by atoms with van der Waals surface area (Å²) >= 11 is 0. The van der Waals surface area contributed by atoms with Crippen molar-refractivity contribution in [2.24, 2.45) is 5.92 Å². The van der Waals surface area contributed by atoms with Crippen LogP contribution in [0, 0.1) is 5.92 Å². The highest BCUT2D eigenvalue weighted by Gasteiger charge is 2.27. The second-order valence-corrected chi connectivity index (χ2v) is 8.06. The number of sulfone groups is 1. The fraction of sp³-hybridized carbons (Fsp3) is 0.375. The lowest BCUT2D eigenvalue weighted by Crippen LogP contribution is -2.20. The topological polar surface area (TPSA) is 72.3 Å². The zero-order valence-electron chi connectivity index (χ0n) is 13.1. The average molecular weight is 333 g/mol. The van der Waals surface area contributed by atoms with Crippen LogP contribution in [0.1, 0.15) is 6.42 Å². The van der Waals surface area contributed by atoms with Crippen LogP contribution >= 0.6 is 0 Å². The van der Waals surface area contributed by atoms with Crippen LogP contribution < -0.4 is 0 Å². The summed E-state index contributed by atoms with van der Waals surface area (Å²) in [6.45, 7) is 1.47. The van der Waals surface area contributed by atoms with Crippen molar-refractivity contribution in [2.45, 2.75) is 17.9 Å². The number of imidazole rings is 1. The number of hydrogen-bond donors (Lipinski definition) is 0. The minimum Gasteiger partial charge on any atom is -0.345 e. The SMILES string of the molecule is CN1CC(Cn2ccnc2-c2ccc(S(C)(=O)=O)cc2)CC1=O. The van der Waals surface area contributed by atoms with E-state index in [-0.39, 0.29) is 11.8 Å². The van der Waals surface area contributed by atoms with Crippen LogP contribution in [0.15, 0.2) is 41.6 Å². The van der Waals surface area contributed by atoms with Gasteiger partial charge in [-0.1, -0.05) is 0 Å². The third kappa shape index (κ3) is 3.29. The highest BCUT2D eigenvalue weighted by Crippen LogP contribution is 2.23. The quantitative estimate of drug-likeness (QED) is 0.848. The lowest BCUT2D eigenvalue weighted by molar-refractivity contribution is -0.126. The van der Waals surface area contributed by atoms with E-state index in [9.17, 15) is 13.2 Å². The number of amides is 1. The van der Waals surface area contributed by atoms with Gasteiger partial charge in [-0.05, 0) is 24.3 Å². The molecule has 7 heteroatoms. The summed E-state index contributed by atoms with van der Waals surface area (Å²) in [5, 5.41) is 0. The van der Waals surface area contributed by atoms with Gasteiger partial charge in [-0.15, -0.1) is 0 Å². The minimum atomic E-state index is -3.20. The molecular formula is C16H19N3O3S. The van der Waals surface area contributed by atoms with E-state index < -0.39 is 9.84 Å². The zero-order chi connectivity index (χ0) is 16.6. The molecule has 1 atom stereocenters. The summed E-state index contributed by atoms with van der Waals surface area (Å²) in [6, 6.07) is 6.72. The van der Waals surface area contributed by atoms with Crippen LogP contribution in [0.5, 0.6) is 0 Å². The molecule has 0 bridgehead atoms. The van der Waals surface area contributed by atoms with E-state index in [1.807, 2.05) is 17.8 Å². The molecule has 0 N–H and O–H groups in total. The number of hydrogen-bond acceptors (Lipinski definition) is 4. The predicted molar refractivity (Wildman–Crippen MR) is 86.5 cm³/mol. The van der Waals surface area contributed by atoms with Crippen molar-refractivity contribution in [2.75, 3.05) is 19.8 Å². The minimum absolute atomic E-state index is 0.175. The molecule has 1 aliphatic heterocycles. The van der Waals surface area contributed by atoms with E-state index in [0.29, 0.717) is 11.3 Å². The molecule has 1 aromatic heterocycles. The largest absolute Gasteiger partial charge is 0.345 e. The van der Waals surface area contributed by atoms with Gasteiger partial charge < -0.3 is 9.47 Å². The van der Waals surface area contributed by atoms with Gasteiger partial charge in [0, 0.05) is 56.7 Å². The van der Waals surface area contributed by atoms with Gasteiger partial charge in [-0.25, -0.2) is 13.4 Å². The molecule has 1 aromatic carbocycles. The number of likely N-dealkylation sites (tertiary alicyclic amines) is 1. The monoisotopic (exact) mass is 333 g/mol. The standard InChI is InChI=1S/C16H19N3O3S/c1-18-10-12(9-15(18)20)11-19-8-7-17-16(19)13-3-5-14(6-4-13)23(2,21)22/h3-8,12H,9-11H2,1-2H3. The first-order valence-electron chi connectivity index (χ1n) is 7.40. The number of carbonyl (C=O) groups is 1. The smallest absolute Gasteiger partial charge is 0.222 e. The van der Waals surface area contributed by atoms with E-state index in [1.165, 1.54) is 6.26 Å². The molecule has 0 saturated carbocycles. The Kier molecular flexibility index (Phi) is 3.97. The summed E-state index contributed by atoms with van der Waals surface area (Å²) in [5.74, 6) is 1.23. The lowest BCUT2D eigenvalue weighted by Gasteiger charge is -2.13. The third-order valence-electron chi connectivity index (χ3n) is 4.13. The fourth-order valence-corrected chi connectivity index (χ4v) is 3.56. The van der Waals surface area contributed by atoms with E-state index in [1.54, 1.807) is 35.4 Å². The van der Waals surface area contributed by atoms with Gasteiger partial charge in [0.05, 0.1) is 4.90 Å². The predicted octanol–water partition coefficient (Wildman–Crippen LogP) is 1.43. The molecule has 3 rings (SSSR count). The maximum Gasteiger partial charge on any atom is 0.222 e. The lowest BCUT2D eigenvalue weighted by atomic mass is 10.1. The van der Waals surface area contributed by atoms with Crippen molar-refractivity contribution in [3.63, 3.8) is 0 Å². The maximum atomic E-state index is 11.6. The van der Waals surface area contributed by atoms with Gasteiger partial charge in [-0.2, -0.15) is 0 Å². The fourth-order valence-electron chi connectivity index (χ4n) is 2.92. The molecule has 6 nitrogen and oxygen atoms in total. The molecule has 0 spiro atoms. The molecular weight excluding hydrogens is 314 g/mol. The Bertz CT molecular complexity index is 825. The molecule has 1 aliphatic rings. The summed E-state index contributed by atoms with van der Waals surface area (Å²) in [4.78, 5) is 18.1. The first-order valence-corrected chi connectivity index (χ1v) is 9.29. The Morgan fingerprint density at radius 3 is 2.52 bits per heavy atom. The van der Waals surface area contributed by atoms with Gasteiger partial charge in [0.15, 0.2) is 9.84 Å². The maximum absolute atomic E-state index is 11.6. The molecule has 122 valence electrons. The Balaban J connectivity index is 1.82. The Morgan fingerprint density at radius 1 is 1.26 bits per heavy atom. The molecule has 1 amide bonds.